The van der Waals surface area contributed by atoms with E-state index >= 15 is 0 Å². The number of nitrogens with zero attached hydrogens (tertiary/aromatic N) is 1. The van der Waals surface area contributed by atoms with Gasteiger partial charge in [0.1, 0.15) is 5.75 Å². The maximum Gasteiger partial charge on any atom is 0.233 e. The molecule has 2 aliphatic rings. The minimum atomic E-state index is -0.427. The number of primary amides is 1. The number of likely N-dealkylation sites (tertiary alicyclic amines) is 1. The fourth-order valence-electron chi connectivity index (χ4n) is 3.77. The summed E-state index contributed by atoms with van der Waals surface area (Å²) in [6.45, 7) is 6.01. The highest BCUT2D eigenvalue weighted by molar-refractivity contribution is 5.90. The standard InChI is InChI=1S/C20H28N2O3/c1-14(2)13-25-17-6-4-16(5-7-17)20(9-3-10-20)19(24)22-11-8-15(12-22)18(21)23/h4-7,14-15H,3,8-13H2,1-2H3,(H2,21,23)/t15-/m0/s1. The van der Waals surface area contributed by atoms with Crippen molar-refractivity contribution < 1.29 is 14.3 Å². The SMILES string of the molecule is CC(C)COc1ccc(C2(C(=O)N3CC[C@H](C(N)=O)C3)CCC2)cc1. The van der Waals surface area contributed by atoms with Crippen LogP contribution in [0.2, 0.25) is 0 Å². The van der Waals surface area contributed by atoms with Crippen molar-refractivity contribution in [1.82, 2.24) is 4.90 Å². The summed E-state index contributed by atoms with van der Waals surface area (Å²) in [5.41, 5.74) is 6.03. The predicted molar refractivity (Wildman–Crippen MR) is 96.2 cm³/mol. The van der Waals surface area contributed by atoms with Crippen LogP contribution in [-0.4, -0.2) is 36.4 Å². The van der Waals surface area contributed by atoms with Crippen LogP contribution >= 0.6 is 0 Å². The van der Waals surface area contributed by atoms with Crippen LogP contribution < -0.4 is 10.5 Å². The van der Waals surface area contributed by atoms with Gasteiger partial charge < -0.3 is 15.4 Å². The molecule has 0 bridgehead atoms. The minimum Gasteiger partial charge on any atom is -0.493 e. The molecule has 1 heterocycles. The molecule has 1 saturated carbocycles. The minimum absolute atomic E-state index is 0.151. The molecule has 3 rings (SSSR count). The van der Waals surface area contributed by atoms with E-state index in [1.807, 2.05) is 29.2 Å². The van der Waals surface area contributed by atoms with Gasteiger partial charge in [0.15, 0.2) is 0 Å². The van der Waals surface area contributed by atoms with Gasteiger partial charge in [0.2, 0.25) is 11.8 Å². The van der Waals surface area contributed by atoms with E-state index < -0.39 is 5.41 Å². The fourth-order valence-corrected chi connectivity index (χ4v) is 3.77. The van der Waals surface area contributed by atoms with Crippen molar-refractivity contribution in [2.24, 2.45) is 17.6 Å². The molecule has 1 aromatic carbocycles. The van der Waals surface area contributed by atoms with Crippen molar-refractivity contribution >= 4 is 11.8 Å². The topological polar surface area (TPSA) is 72.6 Å². The Balaban J connectivity index is 1.72. The van der Waals surface area contributed by atoms with E-state index in [4.69, 9.17) is 10.5 Å². The zero-order valence-corrected chi connectivity index (χ0v) is 15.2. The third-order valence-corrected chi connectivity index (χ3v) is 5.48. The van der Waals surface area contributed by atoms with Gasteiger partial charge in [-0.15, -0.1) is 0 Å². The molecular formula is C20H28N2O3. The molecule has 2 amide bonds. The van der Waals surface area contributed by atoms with E-state index in [0.29, 0.717) is 32.0 Å². The van der Waals surface area contributed by atoms with Gasteiger partial charge in [0.25, 0.3) is 0 Å². The average molecular weight is 344 g/mol. The fraction of sp³-hybridized carbons (Fsp3) is 0.600. The van der Waals surface area contributed by atoms with Gasteiger partial charge >= 0.3 is 0 Å². The van der Waals surface area contributed by atoms with E-state index in [1.54, 1.807) is 0 Å². The van der Waals surface area contributed by atoms with E-state index in [1.165, 1.54) is 0 Å². The first kappa shape index (κ1) is 17.8. The highest BCUT2D eigenvalue weighted by atomic mass is 16.5. The van der Waals surface area contributed by atoms with Crippen molar-refractivity contribution in [2.75, 3.05) is 19.7 Å². The van der Waals surface area contributed by atoms with Crippen molar-refractivity contribution in [3.8, 4) is 5.75 Å². The molecule has 0 unspecified atom stereocenters. The van der Waals surface area contributed by atoms with Crippen molar-refractivity contribution in [3.63, 3.8) is 0 Å². The summed E-state index contributed by atoms with van der Waals surface area (Å²) in [7, 11) is 0. The van der Waals surface area contributed by atoms with E-state index in [0.717, 1.165) is 30.6 Å². The molecule has 1 aliphatic carbocycles. The van der Waals surface area contributed by atoms with Crippen LogP contribution in [0.15, 0.2) is 24.3 Å². The second-order valence-electron chi connectivity index (χ2n) is 7.80. The van der Waals surface area contributed by atoms with Gasteiger partial charge in [-0.3, -0.25) is 9.59 Å². The lowest BCUT2D eigenvalue weighted by Gasteiger charge is -2.43. The normalized spacial score (nSPS) is 21.9. The summed E-state index contributed by atoms with van der Waals surface area (Å²) in [4.78, 5) is 26.4. The zero-order valence-electron chi connectivity index (χ0n) is 15.2. The van der Waals surface area contributed by atoms with Gasteiger partial charge in [-0.2, -0.15) is 0 Å². The Bertz CT molecular complexity index is 635. The quantitative estimate of drug-likeness (QED) is 0.862. The summed E-state index contributed by atoms with van der Waals surface area (Å²) >= 11 is 0. The van der Waals surface area contributed by atoms with Crippen LogP contribution in [0.4, 0.5) is 0 Å². The Hall–Kier alpha value is -2.04. The molecule has 0 aromatic heterocycles. The molecule has 2 fully saturated rings. The summed E-state index contributed by atoms with van der Waals surface area (Å²) in [6, 6.07) is 7.96. The highest BCUT2D eigenvalue weighted by Gasteiger charge is 2.49. The van der Waals surface area contributed by atoms with Crippen LogP contribution in [0.3, 0.4) is 0 Å². The van der Waals surface area contributed by atoms with Gasteiger partial charge in [-0.25, -0.2) is 0 Å². The molecule has 1 atom stereocenters. The van der Waals surface area contributed by atoms with Gasteiger partial charge in [0, 0.05) is 13.1 Å². The first-order valence-corrected chi connectivity index (χ1v) is 9.24. The molecule has 1 aliphatic heterocycles. The number of hydrogen-bond acceptors (Lipinski definition) is 3. The summed E-state index contributed by atoms with van der Waals surface area (Å²) in [5, 5.41) is 0. The van der Waals surface area contributed by atoms with Crippen LogP contribution in [0.5, 0.6) is 5.75 Å². The van der Waals surface area contributed by atoms with Gasteiger partial charge in [0.05, 0.1) is 17.9 Å². The number of rotatable bonds is 6. The van der Waals surface area contributed by atoms with Crippen molar-refractivity contribution in [2.45, 2.75) is 44.9 Å². The van der Waals surface area contributed by atoms with Crippen LogP contribution in [0.25, 0.3) is 0 Å². The molecule has 1 aromatic rings. The van der Waals surface area contributed by atoms with E-state index in [-0.39, 0.29) is 17.7 Å². The average Bonchev–Trinajstić information content (AvgIpc) is 3.03. The highest BCUT2D eigenvalue weighted by Crippen LogP contribution is 2.46. The number of carbonyl (C=O) groups excluding carboxylic acids is 2. The Morgan fingerprint density at radius 3 is 2.44 bits per heavy atom. The number of benzene rings is 1. The smallest absolute Gasteiger partial charge is 0.233 e. The van der Waals surface area contributed by atoms with Crippen LogP contribution in [-0.2, 0) is 15.0 Å². The Morgan fingerprint density at radius 2 is 1.96 bits per heavy atom. The first-order chi connectivity index (χ1) is 11.9. The van der Waals surface area contributed by atoms with Crippen LogP contribution in [0, 0.1) is 11.8 Å². The molecule has 136 valence electrons. The lowest BCUT2D eigenvalue weighted by molar-refractivity contribution is -0.140. The number of hydrogen-bond donors (Lipinski definition) is 1. The second-order valence-corrected chi connectivity index (χ2v) is 7.80. The largest absolute Gasteiger partial charge is 0.493 e. The predicted octanol–water partition coefficient (Wildman–Crippen LogP) is 2.48. The van der Waals surface area contributed by atoms with Crippen LogP contribution in [0.1, 0.15) is 45.1 Å². The lowest BCUT2D eigenvalue weighted by Crippen LogP contribution is -2.50. The van der Waals surface area contributed by atoms with Crippen molar-refractivity contribution in [3.05, 3.63) is 29.8 Å². The summed E-state index contributed by atoms with van der Waals surface area (Å²) in [6.07, 6.45) is 3.48. The number of nitrogens with two attached hydrogens (primary N) is 1. The molecular weight excluding hydrogens is 316 g/mol. The Labute approximate surface area is 149 Å². The Kier molecular flexibility index (Phi) is 5.02. The third-order valence-electron chi connectivity index (χ3n) is 5.48. The van der Waals surface area contributed by atoms with E-state index in [2.05, 4.69) is 13.8 Å². The second kappa shape index (κ2) is 7.06. The van der Waals surface area contributed by atoms with Gasteiger partial charge in [-0.1, -0.05) is 32.4 Å². The molecule has 1 saturated heterocycles. The number of carbonyl (C=O) groups is 2. The number of ether oxygens (including phenoxy) is 1. The monoisotopic (exact) mass is 344 g/mol. The maximum atomic E-state index is 13.2. The number of amides is 2. The maximum absolute atomic E-state index is 13.2. The van der Waals surface area contributed by atoms with Gasteiger partial charge in [-0.05, 0) is 42.9 Å². The summed E-state index contributed by atoms with van der Waals surface area (Å²) < 4.78 is 5.74. The molecule has 25 heavy (non-hydrogen) atoms. The third kappa shape index (κ3) is 3.51. The lowest BCUT2D eigenvalue weighted by atomic mass is 9.63. The Morgan fingerprint density at radius 1 is 1.28 bits per heavy atom. The molecule has 0 radical (unpaired) electrons. The molecule has 0 spiro atoms. The van der Waals surface area contributed by atoms with Crippen molar-refractivity contribution in [1.29, 1.82) is 0 Å². The molecule has 5 heteroatoms. The zero-order chi connectivity index (χ0) is 18.0. The van der Waals surface area contributed by atoms with E-state index in [9.17, 15) is 9.59 Å². The first-order valence-electron chi connectivity index (χ1n) is 9.24. The molecule has 5 nitrogen and oxygen atoms in total. The molecule has 2 N–H and O–H groups in total. The summed E-state index contributed by atoms with van der Waals surface area (Å²) in [5.74, 6) is 0.970.